The van der Waals surface area contributed by atoms with Gasteiger partial charge in [0.1, 0.15) is 0 Å². The molecule has 0 bridgehead atoms. The van der Waals surface area contributed by atoms with Crippen LogP contribution in [0.2, 0.25) is 0 Å². The van der Waals surface area contributed by atoms with Crippen molar-refractivity contribution in [1.29, 1.82) is 0 Å². The summed E-state index contributed by atoms with van der Waals surface area (Å²) in [5, 5.41) is 9.46. The monoisotopic (exact) mass is 350 g/mol. The number of nitrogens with zero attached hydrogens (tertiary/aromatic N) is 2. The summed E-state index contributed by atoms with van der Waals surface area (Å²) in [6.45, 7) is 9.85. The Kier molecular flexibility index (Phi) is 8.00. The summed E-state index contributed by atoms with van der Waals surface area (Å²) in [7, 11) is 3.37. The molecule has 1 fully saturated rings. The second-order valence-corrected chi connectivity index (χ2v) is 7.27. The van der Waals surface area contributed by atoms with E-state index in [1.54, 1.807) is 14.2 Å². The third kappa shape index (κ3) is 5.59. The molecule has 5 nitrogen and oxygen atoms in total. The molecule has 0 spiro atoms. The molecule has 1 aromatic carbocycles. The van der Waals surface area contributed by atoms with Crippen molar-refractivity contribution >= 4 is 0 Å². The Morgan fingerprint density at radius 2 is 2.00 bits per heavy atom. The van der Waals surface area contributed by atoms with E-state index in [1.807, 2.05) is 12.1 Å². The van der Waals surface area contributed by atoms with E-state index >= 15 is 0 Å². The maximum atomic E-state index is 9.46. The van der Waals surface area contributed by atoms with Gasteiger partial charge in [0, 0.05) is 44.4 Å². The van der Waals surface area contributed by atoms with Gasteiger partial charge in [-0.2, -0.15) is 0 Å². The number of para-hydroxylation sites is 1. The highest BCUT2D eigenvalue weighted by Crippen LogP contribution is 2.32. The van der Waals surface area contributed by atoms with E-state index in [2.05, 4.69) is 29.7 Å². The molecule has 25 heavy (non-hydrogen) atoms. The number of methoxy groups -OCH3 is 2. The summed E-state index contributed by atoms with van der Waals surface area (Å²) < 4.78 is 11.0. The Bertz CT molecular complexity index is 522. The van der Waals surface area contributed by atoms with Crippen molar-refractivity contribution in [2.75, 3.05) is 47.0 Å². The first-order valence-corrected chi connectivity index (χ1v) is 9.36. The summed E-state index contributed by atoms with van der Waals surface area (Å²) in [5.41, 5.74) is 1.15. The van der Waals surface area contributed by atoms with Crippen molar-refractivity contribution in [1.82, 2.24) is 9.80 Å². The van der Waals surface area contributed by atoms with Crippen LogP contribution in [0.4, 0.5) is 0 Å². The topological polar surface area (TPSA) is 45.2 Å². The number of ether oxygens (including phenoxy) is 2. The number of piperazine rings is 1. The lowest BCUT2D eigenvalue weighted by molar-refractivity contribution is 0.0520. The van der Waals surface area contributed by atoms with Gasteiger partial charge in [0.2, 0.25) is 0 Å². The van der Waals surface area contributed by atoms with Crippen LogP contribution in [0, 0.1) is 5.92 Å². The highest BCUT2D eigenvalue weighted by atomic mass is 16.5. The number of hydrogen-bond donors (Lipinski definition) is 1. The normalized spacial score (nSPS) is 19.4. The van der Waals surface area contributed by atoms with Gasteiger partial charge in [0.15, 0.2) is 11.5 Å². The van der Waals surface area contributed by atoms with Gasteiger partial charge in [0.05, 0.1) is 14.2 Å². The second-order valence-electron chi connectivity index (χ2n) is 7.27. The summed E-state index contributed by atoms with van der Waals surface area (Å²) in [6.07, 6.45) is 2.05. The fourth-order valence-corrected chi connectivity index (χ4v) is 3.56. The van der Waals surface area contributed by atoms with Gasteiger partial charge in [-0.25, -0.2) is 0 Å². The van der Waals surface area contributed by atoms with Crippen molar-refractivity contribution in [3.8, 4) is 11.5 Å². The number of rotatable bonds is 9. The fourth-order valence-electron chi connectivity index (χ4n) is 3.56. The molecule has 1 unspecified atom stereocenters. The van der Waals surface area contributed by atoms with Crippen LogP contribution >= 0.6 is 0 Å². The number of aliphatic hydroxyl groups excluding tert-OH is 1. The van der Waals surface area contributed by atoms with Crippen LogP contribution in [0.15, 0.2) is 18.2 Å². The molecule has 0 saturated carbocycles. The lowest BCUT2D eigenvalue weighted by Gasteiger charge is -2.42. The molecule has 1 aliphatic heterocycles. The van der Waals surface area contributed by atoms with Crippen LogP contribution in [0.3, 0.4) is 0 Å². The number of aliphatic hydroxyl groups is 1. The predicted molar refractivity (Wildman–Crippen MR) is 101 cm³/mol. The standard InChI is InChI=1S/C20H34N2O3/c1-16(2)8-10-22-12-11-21(15-18(22)9-13-23)14-17-6-5-7-19(24-3)20(17)25-4/h5-7,16,18,23H,8-15H2,1-4H3. The van der Waals surface area contributed by atoms with Gasteiger partial charge >= 0.3 is 0 Å². The maximum absolute atomic E-state index is 9.46. The molecule has 2 rings (SSSR count). The fraction of sp³-hybridized carbons (Fsp3) is 0.700. The van der Waals surface area contributed by atoms with Crippen LogP contribution in [-0.4, -0.2) is 68.0 Å². The molecule has 1 atom stereocenters. The minimum Gasteiger partial charge on any atom is -0.493 e. The molecule has 0 amide bonds. The van der Waals surface area contributed by atoms with Gasteiger partial charge in [-0.05, 0) is 31.4 Å². The number of hydrogen-bond acceptors (Lipinski definition) is 5. The zero-order valence-corrected chi connectivity index (χ0v) is 16.2. The Morgan fingerprint density at radius 1 is 1.20 bits per heavy atom. The molecular weight excluding hydrogens is 316 g/mol. The molecule has 1 aliphatic rings. The van der Waals surface area contributed by atoms with E-state index in [4.69, 9.17) is 9.47 Å². The molecule has 5 heteroatoms. The van der Waals surface area contributed by atoms with Crippen LogP contribution in [0.5, 0.6) is 11.5 Å². The molecule has 0 aliphatic carbocycles. The van der Waals surface area contributed by atoms with Gasteiger partial charge in [-0.1, -0.05) is 26.0 Å². The van der Waals surface area contributed by atoms with Crippen LogP contribution in [0.25, 0.3) is 0 Å². The van der Waals surface area contributed by atoms with Gasteiger partial charge in [0.25, 0.3) is 0 Å². The average Bonchev–Trinajstić information content (AvgIpc) is 2.61. The van der Waals surface area contributed by atoms with Crippen molar-refractivity contribution in [3.05, 3.63) is 23.8 Å². The maximum Gasteiger partial charge on any atom is 0.165 e. The molecule has 142 valence electrons. The van der Waals surface area contributed by atoms with E-state index in [1.165, 1.54) is 6.42 Å². The quantitative estimate of drug-likeness (QED) is 0.742. The van der Waals surface area contributed by atoms with Gasteiger partial charge in [-0.3, -0.25) is 9.80 Å². The minimum absolute atomic E-state index is 0.249. The second kappa shape index (κ2) is 10.00. The van der Waals surface area contributed by atoms with Gasteiger partial charge < -0.3 is 14.6 Å². The lowest BCUT2D eigenvalue weighted by atomic mass is 10.0. The zero-order chi connectivity index (χ0) is 18.2. The van der Waals surface area contributed by atoms with Crippen molar-refractivity contribution in [2.24, 2.45) is 5.92 Å². The summed E-state index contributed by atoms with van der Waals surface area (Å²) in [5.74, 6) is 2.32. The largest absolute Gasteiger partial charge is 0.493 e. The molecular formula is C20H34N2O3. The van der Waals surface area contributed by atoms with Gasteiger partial charge in [-0.15, -0.1) is 0 Å². The molecule has 1 N–H and O–H groups in total. The van der Waals surface area contributed by atoms with Crippen molar-refractivity contribution < 1.29 is 14.6 Å². The summed E-state index contributed by atoms with van der Waals surface area (Å²) in [6, 6.07) is 6.48. The molecule has 0 aromatic heterocycles. The molecule has 1 aromatic rings. The lowest BCUT2D eigenvalue weighted by Crippen LogP contribution is -2.53. The number of benzene rings is 1. The molecule has 1 heterocycles. The van der Waals surface area contributed by atoms with Crippen molar-refractivity contribution in [2.45, 2.75) is 39.3 Å². The Labute approximate surface area is 152 Å². The summed E-state index contributed by atoms with van der Waals surface area (Å²) >= 11 is 0. The van der Waals surface area contributed by atoms with Crippen LogP contribution < -0.4 is 9.47 Å². The zero-order valence-electron chi connectivity index (χ0n) is 16.2. The average molecular weight is 351 g/mol. The first-order chi connectivity index (χ1) is 12.1. The van der Waals surface area contributed by atoms with Crippen LogP contribution in [-0.2, 0) is 6.54 Å². The smallest absolute Gasteiger partial charge is 0.165 e. The van der Waals surface area contributed by atoms with E-state index in [0.29, 0.717) is 12.0 Å². The van der Waals surface area contributed by atoms with E-state index in [-0.39, 0.29) is 6.61 Å². The Hall–Kier alpha value is -1.30. The van der Waals surface area contributed by atoms with E-state index in [0.717, 1.165) is 56.2 Å². The SMILES string of the molecule is COc1cccc(CN2CCN(CCC(C)C)C(CCO)C2)c1OC. The van der Waals surface area contributed by atoms with E-state index in [9.17, 15) is 5.11 Å². The van der Waals surface area contributed by atoms with Crippen molar-refractivity contribution in [3.63, 3.8) is 0 Å². The Morgan fingerprint density at radius 3 is 2.64 bits per heavy atom. The predicted octanol–water partition coefficient (Wildman–Crippen LogP) is 2.62. The third-order valence-electron chi connectivity index (χ3n) is 5.02. The third-order valence-corrected chi connectivity index (χ3v) is 5.02. The molecule has 0 radical (unpaired) electrons. The van der Waals surface area contributed by atoms with E-state index < -0.39 is 0 Å². The summed E-state index contributed by atoms with van der Waals surface area (Å²) in [4.78, 5) is 5.01. The minimum atomic E-state index is 0.249. The molecule has 1 saturated heterocycles. The Balaban J connectivity index is 2.02. The first kappa shape index (κ1) is 20.0. The highest BCUT2D eigenvalue weighted by Gasteiger charge is 2.27. The highest BCUT2D eigenvalue weighted by molar-refractivity contribution is 5.46. The first-order valence-electron chi connectivity index (χ1n) is 9.36. The van der Waals surface area contributed by atoms with Crippen LogP contribution in [0.1, 0.15) is 32.3 Å².